The summed E-state index contributed by atoms with van der Waals surface area (Å²) in [6.07, 6.45) is 4.89. The molecule has 5 rings (SSSR count). The Hall–Kier alpha value is -3.36. The molecule has 3 heterocycles. The first kappa shape index (κ1) is 31.1. The van der Waals surface area contributed by atoms with Crippen LogP contribution in [0.2, 0.25) is 5.02 Å². The molecular weight excluding hydrogens is 562 g/mol. The van der Waals surface area contributed by atoms with Crippen molar-refractivity contribution in [2.45, 2.75) is 71.4 Å². The second-order valence-electron chi connectivity index (χ2n) is 13.0. The van der Waals surface area contributed by atoms with Gasteiger partial charge in [0.1, 0.15) is 5.60 Å². The summed E-state index contributed by atoms with van der Waals surface area (Å²) in [6, 6.07) is 16.3. The molecule has 1 N–H and O–H groups in total. The topological polar surface area (TPSA) is 79.7 Å². The largest absolute Gasteiger partial charge is 0.444 e. The molecule has 2 fully saturated rings. The number of amides is 2. The van der Waals surface area contributed by atoms with E-state index in [1.807, 2.05) is 49.7 Å². The number of carbonyl (C=O) groups excluding carboxylic acids is 2. The number of hydrogen-bond acceptors (Lipinski definition) is 5. The number of nitrogens with one attached hydrogen (secondary N) is 1. The molecule has 43 heavy (non-hydrogen) atoms. The molecule has 8 nitrogen and oxygen atoms in total. The van der Waals surface area contributed by atoms with Crippen molar-refractivity contribution >= 4 is 23.6 Å². The molecule has 0 bridgehead atoms. The molecule has 0 unspecified atom stereocenters. The summed E-state index contributed by atoms with van der Waals surface area (Å²) in [5.41, 5.74) is 4.26. The van der Waals surface area contributed by atoms with Crippen molar-refractivity contribution in [1.29, 1.82) is 0 Å². The Morgan fingerprint density at radius 1 is 0.977 bits per heavy atom. The summed E-state index contributed by atoms with van der Waals surface area (Å²) >= 11 is 6.58. The summed E-state index contributed by atoms with van der Waals surface area (Å²) in [4.78, 5) is 30.6. The Bertz CT molecular complexity index is 1400. The fourth-order valence-electron chi connectivity index (χ4n) is 6.04. The van der Waals surface area contributed by atoms with Crippen LogP contribution in [0.4, 0.5) is 4.79 Å². The van der Waals surface area contributed by atoms with Crippen LogP contribution in [0.15, 0.2) is 54.7 Å². The van der Waals surface area contributed by atoms with E-state index in [1.165, 1.54) is 11.1 Å². The van der Waals surface area contributed by atoms with Gasteiger partial charge in [-0.2, -0.15) is 5.10 Å². The van der Waals surface area contributed by atoms with Crippen LogP contribution in [0.1, 0.15) is 79.6 Å². The molecule has 9 heteroatoms. The molecule has 2 aliphatic heterocycles. The molecule has 2 amide bonds. The first-order valence-electron chi connectivity index (χ1n) is 15.4. The summed E-state index contributed by atoms with van der Waals surface area (Å²) < 4.78 is 7.40. The van der Waals surface area contributed by atoms with Crippen molar-refractivity contribution in [2.24, 2.45) is 5.92 Å². The first-order chi connectivity index (χ1) is 20.6. The van der Waals surface area contributed by atoms with Gasteiger partial charge in [0.2, 0.25) is 0 Å². The molecule has 0 radical (unpaired) electrons. The number of benzene rings is 2. The van der Waals surface area contributed by atoms with Crippen molar-refractivity contribution < 1.29 is 14.3 Å². The second kappa shape index (κ2) is 13.5. The van der Waals surface area contributed by atoms with Crippen LogP contribution in [0.3, 0.4) is 0 Å². The van der Waals surface area contributed by atoms with Crippen molar-refractivity contribution in [1.82, 2.24) is 24.9 Å². The van der Waals surface area contributed by atoms with Gasteiger partial charge < -0.3 is 15.0 Å². The van der Waals surface area contributed by atoms with Gasteiger partial charge in [-0.3, -0.25) is 9.69 Å². The zero-order valence-electron chi connectivity index (χ0n) is 25.8. The fourth-order valence-corrected chi connectivity index (χ4v) is 6.25. The number of rotatable bonds is 7. The van der Waals surface area contributed by atoms with E-state index in [2.05, 4.69) is 46.5 Å². The van der Waals surface area contributed by atoms with Gasteiger partial charge in [-0.05, 0) is 90.1 Å². The maximum atomic E-state index is 13.7. The highest BCUT2D eigenvalue weighted by molar-refractivity contribution is 6.32. The van der Waals surface area contributed by atoms with E-state index in [0.29, 0.717) is 49.0 Å². The number of hydrogen-bond donors (Lipinski definition) is 1. The molecule has 0 saturated carbocycles. The maximum Gasteiger partial charge on any atom is 0.410 e. The van der Waals surface area contributed by atoms with E-state index in [0.717, 1.165) is 43.9 Å². The van der Waals surface area contributed by atoms with Crippen LogP contribution < -0.4 is 5.32 Å². The summed E-state index contributed by atoms with van der Waals surface area (Å²) in [7, 11) is 0. The lowest BCUT2D eigenvalue weighted by molar-refractivity contribution is 0.0203. The highest BCUT2D eigenvalue weighted by Gasteiger charge is 2.32. The molecule has 1 aromatic heterocycles. The van der Waals surface area contributed by atoms with Crippen LogP contribution in [-0.4, -0.2) is 69.9 Å². The molecule has 230 valence electrons. The lowest BCUT2D eigenvalue weighted by Crippen LogP contribution is -2.42. The van der Waals surface area contributed by atoms with Gasteiger partial charge in [0.15, 0.2) is 0 Å². The third kappa shape index (κ3) is 7.98. The standard InChI is InChI=1S/C34H44ClN5O3/c1-24-9-11-26(12-10-24)23-38-17-13-25(14-18-38)21-36-32(41)28-22-37-40(30-8-6-5-7-29(30)35)31(28)27-15-19-39(20-16-27)33(42)43-34(2,3)4/h5-12,22,25,27H,13-21,23H2,1-4H3,(H,36,41). The van der Waals surface area contributed by atoms with E-state index in [-0.39, 0.29) is 17.9 Å². The lowest BCUT2D eigenvalue weighted by Gasteiger charge is -2.34. The number of carbonyl (C=O) groups is 2. The minimum absolute atomic E-state index is 0.0447. The average molecular weight is 606 g/mol. The van der Waals surface area contributed by atoms with E-state index < -0.39 is 5.60 Å². The lowest BCUT2D eigenvalue weighted by atomic mass is 9.90. The smallest absolute Gasteiger partial charge is 0.410 e. The zero-order valence-corrected chi connectivity index (χ0v) is 26.6. The molecule has 2 aromatic carbocycles. The number of ether oxygens (including phenoxy) is 1. The van der Waals surface area contributed by atoms with E-state index in [4.69, 9.17) is 16.3 Å². The van der Waals surface area contributed by atoms with Gasteiger partial charge >= 0.3 is 6.09 Å². The number of piperidine rings is 2. The SMILES string of the molecule is Cc1ccc(CN2CCC(CNC(=O)c3cnn(-c4ccccc4Cl)c3C3CCN(C(=O)OC(C)(C)C)CC3)CC2)cc1. The molecule has 3 aromatic rings. The number of para-hydroxylation sites is 1. The van der Waals surface area contributed by atoms with E-state index in [1.54, 1.807) is 11.1 Å². The minimum Gasteiger partial charge on any atom is -0.444 e. The fraction of sp³-hybridized carbons (Fsp3) is 0.500. The predicted octanol–water partition coefficient (Wildman–Crippen LogP) is 6.59. The number of nitrogens with zero attached hydrogens (tertiary/aromatic N) is 4. The van der Waals surface area contributed by atoms with Crippen LogP contribution in [0, 0.1) is 12.8 Å². The van der Waals surface area contributed by atoms with Crippen LogP contribution >= 0.6 is 11.6 Å². The quantitative estimate of drug-likeness (QED) is 0.329. The highest BCUT2D eigenvalue weighted by Crippen LogP contribution is 2.34. The average Bonchev–Trinajstić information content (AvgIpc) is 3.42. The van der Waals surface area contributed by atoms with Crippen molar-refractivity contribution in [3.63, 3.8) is 0 Å². The van der Waals surface area contributed by atoms with Crippen LogP contribution in [0.25, 0.3) is 5.69 Å². The van der Waals surface area contributed by atoms with Gasteiger partial charge in [0.05, 0.1) is 28.2 Å². The van der Waals surface area contributed by atoms with Gasteiger partial charge in [0, 0.05) is 32.1 Å². The Balaban J connectivity index is 1.24. The van der Waals surface area contributed by atoms with Gasteiger partial charge in [-0.25, -0.2) is 9.48 Å². The first-order valence-corrected chi connectivity index (χ1v) is 15.8. The van der Waals surface area contributed by atoms with Crippen LogP contribution in [0.5, 0.6) is 0 Å². The summed E-state index contributed by atoms with van der Waals surface area (Å²) in [5.74, 6) is 0.380. The van der Waals surface area contributed by atoms with Crippen molar-refractivity contribution in [3.8, 4) is 5.69 Å². The molecule has 0 aliphatic carbocycles. The van der Waals surface area contributed by atoms with E-state index >= 15 is 0 Å². The highest BCUT2D eigenvalue weighted by atomic mass is 35.5. The predicted molar refractivity (Wildman–Crippen MR) is 170 cm³/mol. The maximum absolute atomic E-state index is 13.7. The number of halogens is 1. The Morgan fingerprint density at radius 2 is 1.65 bits per heavy atom. The third-order valence-electron chi connectivity index (χ3n) is 8.45. The Labute approximate surface area is 260 Å². The molecule has 2 aliphatic rings. The van der Waals surface area contributed by atoms with Crippen LogP contribution in [-0.2, 0) is 11.3 Å². The van der Waals surface area contributed by atoms with E-state index in [9.17, 15) is 9.59 Å². The normalized spacial score (nSPS) is 17.2. The van der Waals surface area contributed by atoms with Crippen molar-refractivity contribution in [3.05, 3.63) is 82.1 Å². The monoisotopic (exact) mass is 605 g/mol. The Morgan fingerprint density at radius 3 is 2.30 bits per heavy atom. The summed E-state index contributed by atoms with van der Waals surface area (Å²) in [6.45, 7) is 12.5. The van der Waals surface area contributed by atoms with Crippen molar-refractivity contribution in [2.75, 3.05) is 32.7 Å². The molecule has 0 atom stereocenters. The zero-order chi connectivity index (χ0) is 30.6. The van der Waals surface area contributed by atoms with Gasteiger partial charge in [-0.1, -0.05) is 53.6 Å². The van der Waals surface area contributed by atoms with Gasteiger partial charge in [-0.15, -0.1) is 0 Å². The number of likely N-dealkylation sites (tertiary alicyclic amines) is 2. The molecular formula is C34H44ClN5O3. The minimum atomic E-state index is -0.542. The Kier molecular flexibility index (Phi) is 9.77. The third-order valence-corrected chi connectivity index (χ3v) is 8.77. The second-order valence-corrected chi connectivity index (χ2v) is 13.4. The molecule has 2 saturated heterocycles. The number of aryl methyl sites for hydroxylation is 1. The molecule has 0 spiro atoms. The number of aromatic nitrogens is 2. The van der Waals surface area contributed by atoms with Gasteiger partial charge in [0.25, 0.3) is 5.91 Å². The summed E-state index contributed by atoms with van der Waals surface area (Å²) in [5, 5.41) is 8.45.